The van der Waals surface area contributed by atoms with E-state index in [9.17, 15) is 18.0 Å². The van der Waals surface area contributed by atoms with Crippen molar-refractivity contribution in [2.75, 3.05) is 10.6 Å². The van der Waals surface area contributed by atoms with Gasteiger partial charge in [-0.1, -0.05) is 5.16 Å². The summed E-state index contributed by atoms with van der Waals surface area (Å²) < 4.78 is 45.9. The number of aryl methyl sites for hydroxylation is 1. The van der Waals surface area contributed by atoms with E-state index in [1.807, 2.05) is 6.92 Å². The van der Waals surface area contributed by atoms with Crippen LogP contribution in [-0.4, -0.2) is 26.7 Å². The Hall–Kier alpha value is -3.04. The number of halogens is 3. The standard InChI is InChI=1S/C16H14F3N5O2/c1-9-2-3-10(13-20-6-7-24(9)13)21-14(25)22-12-8-11(26-23-12)15(4-5-15)16(17,18)19/h2-3,6-8H,4-5H2,1H3,(H2,21,22,23,25). The third-order valence-corrected chi connectivity index (χ3v) is 4.52. The second-order valence-electron chi connectivity index (χ2n) is 6.24. The van der Waals surface area contributed by atoms with Crippen molar-refractivity contribution in [1.29, 1.82) is 0 Å². The molecule has 0 saturated heterocycles. The van der Waals surface area contributed by atoms with Crippen LogP contribution < -0.4 is 10.6 Å². The van der Waals surface area contributed by atoms with E-state index in [0.717, 1.165) is 11.8 Å². The average molecular weight is 365 g/mol. The Balaban J connectivity index is 1.49. The highest BCUT2D eigenvalue weighted by atomic mass is 19.4. The van der Waals surface area contributed by atoms with Crippen LogP contribution in [0.1, 0.15) is 24.3 Å². The number of imidazole rings is 1. The van der Waals surface area contributed by atoms with E-state index >= 15 is 0 Å². The quantitative estimate of drug-likeness (QED) is 0.738. The number of nitrogens with zero attached hydrogens (tertiary/aromatic N) is 3. The van der Waals surface area contributed by atoms with Crippen LogP contribution in [0.3, 0.4) is 0 Å². The third-order valence-electron chi connectivity index (χ3n) is 4.52. The van der Waals surface area contributed by atoms with E-state index in [1.54, 1.807) is 28.9 Å². The fourth-order valence-electron chi connectivity index (χ4n) is 2.87. The molecule has 0 aromatic carbocycles. The Morgan fingerprint density at radius 3 is 2.77 bits per heavy atom. The molecule has 2 amide bonds. The lowest BCUT2D eigenvalue weighted by Crippen LogP contribution is -2.28. The van der Waals surface area contributed by atoms with Crippen LogP contribution in [0.5, 0.6) is 0 Å². The number of hydrogen-bond donors (Lipinski definition) is 2. The Morgan fingerprint density at radius 1 is 1.31 bits per heavy atom. The second kappa shape index (κ2) is 5.48. The summed E-state index contributed by atoms with van der Waals surface area (Å²) in [6, 6.07) is 3.95. The minimum Gasteiger partial charge on any atom is -0.358 e. The molecule has 0 atom stereocenters. The zero-order valence-corrected chi connectivity index (χ0v) is 13.6. The van der Waals surface area contributed by atoms with E-state index in [0.29, 0.717) is 11.3 Å². The van der Waals surface area contributed by atoms with Gasteiger partial charge in [-0.3, -0.25) is 5.32 Å². The average Bonchev–Trinajstić information content (AvgIpc) is 3.02. The Kier molecular flexibility index (Phi) is 3.46. The molecule has 3 aromatic heterocycles. The highest BCUT2D eigenvalue weighted by molar-refractivity contribution is 6.01. The Morgan fingerprint density at radius 2 is 2.08 bits per heavy atom. The number of amides is 2. The molecule has 3 aromatic rings. The summed E-state index contributed by atoms with van der Waals surface area (Å²) in [7, 11) is 0. The molecular weight excluding hydrogens is 351 g/mol. The van der Waals surface area contributed by atoms with Crippen LogP contribution in [0, 0.1) is 6.92 Å². The number of carbonyl (C=O) groups excluding carboxylic acids is 1. The molecule has 0 aliphatic heterocycles. The summed E-state index contributed by atoms with van der Waals surface area (Å²) in [5.74, 6) is -0.370. The minimum atomic E-state index is -4.40. The number of aromatic nitrogens is 3. The largest absolute Gasteiger partial charge is 0.401 e. The van der Waals surface area contributed by atoms with Crippen LogP contribution in [0.25, 0.3) is 5.65 Å². The monoisotopic (exact) mass is 365 g/mol. The zero-order chi connectivity index (χ0) is 18.5. The van der Waals surface area contributed by atoms with E-state index in [1.165, 1.54) is 0 Å². The molecule has 0 radical (unpaired) electrons. The van der Waals surface area contributed by atoms with E-state index in [2.05, 4.69) is 20.8 Å². The fourth-order valence-corrected chi connectivity index (χ4v) is 2.87. The number of pyridine rings is 1. The van der Waals surface area contributed by atoms with Crippen LogP contribution in [0.4, 0.5) is 29.5 Å². The Bertz CT molecular complexity index is 987. The summed E-state index contributed by atoms with van der Waals surface area (Å²) in [5.41, 5.74) is -0.0349. The molecule has 1 aliphatic rings. The number of hydrogen-bond acceptors (Lipinski definition) is 4. The molecule has 10 heteroatoms. The van der Waals surface area contributed by atoms with E-state index in [4.69, 9.17) is 4.52 Å². The van der Waals surface area contributed by atoms with Crippen molar-refractivity contribution < 1.29 is 22.5 Å². The first kappa shape index (κ1) is 16.4. The third kappa shape index (κ3) is 2.57. The number of urea groups is 1. The first-order valence-electron chi connectivity index (χ1n) is 7.85. The number of alkyl halides is 3. The van der Waals surface area contributed by atoms with Gasteiger partial charge in [0, 0.05) is 24.2 Å². The second-order valence-corrected chi connectivity index (χ2v) is 6.24. The highest BCUT2D eigenvalue weighted by Crippen LogP contribution is 2.59. The summed E-state index contributed by atoms with van der Waals surface area (Å²) in [5, 5.41) is 8.49. The van der Waals surface area contributed by atoms with Crippen molar-refractivity contribution in [1.82, 2.24) is 14.5 Å². The number of nitrogens with one attached hydrogen (secondary N) is 2. The van der Waals surface area contributed by atoms with Gasteiger partial charge in [0.2, 0.25) is 0 Å². The summed E-state index contributed by atoms with van der Waals surface area (Å²) in [6.07, 6.45) is -1.14. The van der Waals surface area contributed by atoms with Crippen molar-refractivity contribution in [3.8, 4) is 0 Å². The van der Waals surface area contributed by atoms with Gasteiger partial charge in [0.1, 0.15) is 5.41 Å². The lowest BCUT2D eigenvalue weighted by Gasteiger charge is -2.15. The molecule has 1 fully saturated rings. The SMILES string of the molecule is Cc1ccc(NC(=O)Nc2cc(C3(C(F)(F)F)CC3)on2)c2nccn12. The molecule has 1 aliphatic carbocycles. The van der Waals surface area contributed by atoms with Crippen LogP contribution in [-0.2, 0) is 5.41 Å². The van der Waals surface area contributed by atoms with Gasteiger partial charge in [-0.05, 0) is 31.9 Å². The van der Waals surface area contributed by atoms with Gasteiger partial charge in [-0.2, -0.15) is 13.2 Å². The number of rotatable bonds is 3. The van der Waals surface area contributed by atoms with Crippen molar-refractivity contribution in [2.45, 2.75) is 31.4 Å². The van der Waals surface area contributed by atoms with Gasteiger partial charge >= 0.3 is 12.2 Å². The molecule has 2 N–H and O–H groups in total. The lowest BCUT2D eigenvalue weighted by molar-refractivity contribution is -0.165. The van der Waals surface area contributed by atoms with Gasteiger partial charge in [0.15, 0.2) is 17.2 Å². The summed E-state index contributed by atoms with van der Waals surface area (Å²) in [4.78, 5) is 16.3. The van der Waals surface area contributed by atoms with Crippen LogP contribution in [0.2, 0.25) is 0 Å². The first-order chi connectivity index (χ1) is 12.3. The smallest absolute Gasteiger partial charge is 0.358 e. The fraction of sp³-hybridized carbons (Fsp3) is 0.312. The normalized spacial score (nSPS) is 15.8. The van der Waals surface area contributed by atoms with Crippen LogP contribution >= 0.6 is 0 Å². The number of carbonyl (C=O) groups is 1. The van der Waals surface area contributed by atoms with Crippen molar-refractivity contribution >= 4 is 23.2 Å². The molecule has 3 heterocycles. The molecule has 4 rings (SSSR count). The number of fused-ring (bicyclic) bond motifs is 1. The van der Waals surface area contributed by atoms with Gasteiger partial charge in [0.25, 0.3) is 0 Å². The molecule has 7 nitrogen and oxygen atoms in total. The minimum absolute atomic E-state index is 0.0431. The summed E-state index contributed by atoms with van der Waals surface area (Å²) >= 11 is 0. The highest BCUT2D eigenvalue weighted by Gasteiger charge is 2.66. The molecule has 136 valence electrons. The maximum atomic E-state index is 13.1. The molecule has 0 spiro atoms. The van der Waals surface area contributed by atoms with Gasteiger partial charge in [-0.25, -0.2) is 9.78 Å². The van der Waals surface area contributed by atoms with E-state index in [-0.39, 0.29) is 24.4 Å². The lowest BCUT2D eigenvalue weighted by atomic mass is 10.0. The molecule has 0 unspecified atom stereocenters. The van der Waals surface area contributed by atoms with Crippen LogP contribution in [0.15, 0.2) is 35.1 Å². The molecule has 0 bridgehead atoms. The molecular formula is C16H14F3N5O2. The number of anilines is 2. The first-order valence-corrected chi connectivity index (χ1v) is 7.85. The van der Waals surface area contributed by atoms with Gasteiger partial charge in [-0.15, -0.1) is 0 Å². The maximum absolute atomic E-state index is 13.1. The zero-order valence-electron chi connectivity index (χ0n) is 13.6. The summed E-state index contributed by atoms with van der Waals surface area (Å²) in [6.45, 7) is 1.89. The molecule has 26 heavy (non-hydrogen) atoms. The van der Waals surface area contributed by atoms with Crippen molar-refractivity contribution in [2.24, 2.45) is 0 Å². The Labute approximate surface area is 145 Å². The maximum Gasteiger partial charge on any atom is 0.401 e. The van der Waals surface area contributed by atoms with Gasteiger partial charge in [0.05, 0.1) is 5.69 Å². The van der Waals surface area contributed by atoms with E-state index < -0.39 is 17.6 Å². The van der Waals surface area contributed by atoms with Crippen molar-refractivity contribution in [3.63, 3.8) is 0 Å². The predicted molar refractivity (Wildman–Crippen MR) is 86.0 cm³/mol. The molecule has 1 saturated carbocycles. The van der Waals surface area contributed by atoms with Crippen molar-refractivity contribution in [3.05, 3.63) is 42.0 Å². The predicted octanol–water partition coefficient (Wildman–Crippen LogP) is 3.87. The van der Waals surface area contributed by atoms with Gasteiger partial charge < -0.3 is 14.2 Å². The topological polar surface area (TPSA) is 84.5 Å².